The first-order chi connectivity index (χ1) is 14.6. The van der Waals surface area contributed by atoms with E-state index < -0.39 is 5.91 Å². The molecule has 0 saturated carbocycles. The maximum atomic E-state index is 12.0. The van der Waals surface area contributed by atoms with Crippen LogP contribution in [0.5, 0.6) is 0 Å². The highest BCUT2D eigenvalue weighted by Gasteiger charge is 2.11. The molecule has 8 nitrogen and oxygen atoms in total. The number of hydrogen-bond donors (Lipinski definition) is 1. The van der Waals surface area contributed by atoms with Crippen LogP contribution in [0.15, 0.2) is 70.2 Å². The van der Waals surface area contributed by atoms with E-state index in [9.17, 15) is 4.79 Å². The molecule has 2 aromatic carbocycles. The molecule has 150 valence electrons. The summed E-state index contributed by atoms with van der Waals surface area (Å²) in [5.74, 6) is 1.00. The quantitative estimate of drug-likeness (QED) is 0.360. The predicted molar refractivity (Wildman–Crippen MR) is 113 cm³/mol. The lowest BCUT2D eigenvalue weighted by atomic mass is 10.2. The maximum absolute atomic E-state index is 12.0. The minimum Gasteiger partial charge on any atom is -0.455 e. The Labute approximate surface area is 181 Å². The van der Waals surface area contributed by atoms with Crippen LogP contribution in [-0.2, 0) is 11.3 Å². The largest absolute Gasteiger partial charge is 0.455 e. The van der Waals surface area contributed by atoms with Crippen LogP contribution in [0.25, 0.3) is 22.7 Å². The first kappa shape index (κ1) is 19.8. The second-order valence-corrected chi connectivity index (χ2v) is 6.89. The van der Waals surface area contributed by atoms with Crippen LogP contribution in [0.3, 0.4) is 0 Å². The second-order valence-electron chi connectivity index (χ2n) is 6.11. The zero-order valence-electron chi connectivity index (χ0n) is 15.4. The van der Waals surface area contributed by atoms with Crippen LogP contribution in [0, 0.1) is 0 Å². The van der Waals surface area contributed by atoms with Gasteiger partial charge in [-0.3, -0.25) is 4.79 Å². The van der Waals surface area contributed by atoms with E-state index in [0.29, 0.717) is 33.0 Å². The number of carbonyl (C=O) groups excluding carboxylic acids is 1. The number of halogens is 2. The lowest BCUT2D eigenvalue weighted by Crippen LogP contribution is -2.24. The van der Waals surface area contributed by atoms with Gasteiger partial charge in [0.1, 0.15) is 18.1 Å². The fourth-order valence-corrected chi connectivity index (χ4v) is 3.00. The van der Waals surface area contributed by atoms with Gasteiger partial charge in [0, 0.05) is 11.1 Å². The van der Waals surface area contributed by atoms with E-state index in [2.05, 4.69) is 25.9 Å². The van der Waals surface area contributed by atoms with Gasteiger partial charge in [-0.15, -0.1) is 10.2 Å². The number of furan rings is 1. The van der Waals surface area contributed by atoms with Crippen molar-refractivity contribution in [2.75, 3.05) is 0 Å². The zero-order valence-corrected chi connectivity index (χ0v) is 16.9. The molecule has 4 aromatic rings. The molecule has 1 amide bonds. The fraction of sp³-hybridized carbons (Fsp3) is 0.0500. The number of nitrogens with one attached hydrogen (secondary N) is 1. The van der Waals surface area contributed by atoms with Gasteiger partial charge in [0.25, 0.3) is 5.91 Å². The molecule has 0 spiro atoms. The molecule has 10 heteroatoms. The van der Waals surface area contributed by atoms with Gasteiger partial charge in [0.2, 0.25) is 5.82 Å². The van der Waals surface area contributed by atoms with Gasteiger partial charge in [-0.05, 0) is 29.5 Å². The Bertz CT molecular complexity index is 1200. The van der Waals surface area contributed by atoms with Crippen molar-refractivity contribution in [3.63, 3.8) is 0 Å². The van der Waals surface area contributed by atoms with Crippen LogP contribution in [0.4, 0.5) is 0 Å². The third-order valence-electron chi connectivity index (χ3n) is 3.99. The smallest absolute Gasteiger partial charge is 0.263 e. The number of rotatable bonds is 6. The van der Waals surface area contributed by atoms with Gasteiger partial charge in [-0.1, -0.05) is 59.6 Å². The van der Waals surface area contributed by atoms with Gasteiger partial charge in [-0.25, -0.2) is 5.43 Å². The van der Waals surface area contributed by atoms with E-state index in [-0.39, 0.29) is 6.54 Å². The van der Waals surface area contributed by atoms with Crippen LogP contribution in [0.2, 0.25) is 10.0 Å². The summed E-state index contributed by atoms with van der Waals surface area (Å²) in [7, 11) is 0. The Hall–Kier alpha value is -3.49. The van der Waals surface area contributed by atoms with Crippen molar-refractivity contribution in [1.29, 1.82) is 0 Å². The molecule has 0 atom stereocenters. The van der Waals surface area contributed by atoms with E-state index in [4.69, 9.17) is 27.6 Å². The summed E-state index contributed by atoms with van der Waals surface area (Å²) in [6.07, 6.45) is 1.38. The second kappa shape index (κ2) is 8.89. The van der Waals surface area contributed by atoms with E-state index in [1.165, 1.54) is 11.0 Å². The van der Waals surface area contributed by atoms with Gasteiger partial charge in [-0.2, -0.15) is 9.90 Å². The zero-order chi connectivity index (χ0) is 20.9. The molecule has 0 unspecified atom stereocenters. The summed E-state index contributed by atoms with van der Waals surface area (Å²) in [4.78, 5) is 13.2. The average molecular weight is 441 g/mol. The molecular formula is C20H14Cl2N6O2. The average Bonchev–Trinajstić information content (AvgIpc) is 3.41. The molecule has 2 aromatic heterocycles. The number of hydrazone groups is 1. The van der Waals surface area contributed by atoms with Crippen molar-refractivity contribution in [1.82, 2.24) is 25.6 Å². The number of nitrogens with zero attached hydrogens (tertiary/aromatic N) is 5. The van der Waals surface area contributed by atoms with E-state index in [0.717, 1.165) is 5.56 Å². The summed E-state index contributed by atoms with van der Waals surface area (Å²) in [5.41, 5.74) is 3.87. The third-order valence-corrected chi connectivity index (χ3v) is 4.81. The summed E-state index contributed by atoms with van der Waals surface area (Å²) in [6.45, 7) is -0.126. The maximum Gasteiger partial charge on any atom is 0.263 e. The monoisotopic (exact) mass is 440 g/mol. The molecule has 0 bridgehead atoms. The predicted octanol–water partition coefficient (Wildman–Crippen LogP) is 4.06. The highest BCUT2D eigenvalue weighted by molar-refractivity contribution is 6.43. The molecule has 0 fully saturated rings. The summed E-state index contributed by atoms with van der Waals surface area (Å²) in [6, 6.07) is 18.1. The molecular weight excluding hydrogens is 427 g/mol. The Morgan fingerprint density at radius 2 is 1.93 bits per heavy atom. The molecule has 0 radical (unpaired) electrons. The van der Waals surface area contributed by atoms with Gasteiger partial charge < -0.3 is 4.42 Å². The number of carbonyl (C=O) groups is 1. The lowest BCUT2D eigenvalue weighted by Gasteiger charge is -2.01. The van der Waals surface area contributed by atoms with E-state index in [1.807, 2.05) is 30.3 Å². The molecule has 0 aliphatic rings. The standard InChI is InChI=1S/C20H14Cl2N6O2/c21-16-8-4-7-15(19(16)22)17-10-9-14(30-17)11-23-24-18(29)12-28-26-20(25-27-28)13-5-2-1-3-6-13/h1-11H,12H2,(H,24,29)/b23-11-. The van der Waals surface area contributed by atoms with Crippen molar-refractivity contribution in [3.05, 3.63) is 76.5 Å². The Morgan fingerprint density at radius 3 is 2.77 bits per heavy atom. The number of amides is 1. The van der Waals surface area contributed by atoms with Crippen LogP contribution in [-0.4, -0.2) is 32.3 Å². The first-order valence-electron chi connectivity index (χ1n) is 8.79. The minimum absolute atomic E-state index is 0.126. The molecule has 0 aliphatic carbocycles. The number of benzene rings is 2. The Morgan fingerprint density at radius 1 is 1.10 bits per heavy atom. The molecule has 30 heavy (non-hydrogen) atoms. The van der Waals surface area contributed by atoms with Gasteiger partial charge in [0.15, 0.2) is 0 Å². The van der Waals surface area contributed by atoms with E-state index >= 15 is 0 Å². The Balaban J connectivity index is 1.35. The fourth-order valence-electron chi connectivity index (χ4n) is 2.61. The van der Waals surface area contributed by atoms with E-state index in [1.54, 1.807) is 30.3 Å². The molecule has 4 rings (SSSR count). The van der Waals surface area contributed by atoms with Crippen molar-refractivity contribution in [3.8, 4) is 22.7 Å². The van der Waals surface area contributed by atoms with Crippen molar-refractivity contribution in [2.24, 2.45) is 5.10 Å². The molecule has 1 N–H and O–H groups in total. The number of hydrogen-bond acceptors (Lipinski definition) is 6. The highest BCUT2D eigenvalue weighted by atomic mass is 35.5. The summed E-state index contributed by atoms with van der Waals surface area (Å²) in [5, 5.41) is 16.7. The van der Waals surface area contributed by atoms with Crippen LogP contribution >= 0.6 is 23.2 Å². The summed E-state index contributed by atoms with van der Waals surface area (Å²) < 4.78 is 5.67. The minimum atomic E-state index is -0.409. The van der Waals surface area contributed by atoms with Crippen LogP contribution in [0.1, 0.15) is 5.76 Å². The molecule has 0 saturated heterocycles. The Kier molecular flexibility index (Phi) is 5.87. The topological polar surface area (TPSA) is 98.2 Å². The molecule has 2 heterocycles. The molecule has 0 aliphatic heterocycles. The third kappa shape index (κ3) is 4.56. The normalized spacial score (nSPS) is 11.1. The SMILES string of the molecule is O=C(Cn1nnc(-c2ccccc2)n1)N/N=C\c1ccc(-c2cccc(Cl)c2Cl)o1. The summed E-state index contributed by atoms with van der Waals surface area (Å²) >= 11 is 12.2. The lowest BCUT2D eigenvalue weighted by molar-refractivity contribution is -0.122. The van der Waals surface area contributed by atoms with Crippen molar-refractivity contribution >= 4 is 35.3 Å². The number of aromatic nitrogens is 4. The number of tetrazole rings is 1. The van der Waals surface area contributed by atoms with Crippen LogP contribution < -0.4 is 5.43 Å². The van der Waals surface area contributed by atoms with Gasteiger partial charge in [0.05, 0.1) is 16.3 Å². The first-order valence-corrected chi connectivity index (χ1v) is 9.55. The van der Waals surface area contributed by atoms with Crippen molar-refractivity contribution < 1.29 is 9.21 Å². The van der Waals surface area contributed by atoms with Crippen molar-refractivity contribution in [2.45, 2.75) is 6.54 Å². The highest BCUT2D eigenvalue weighted by Crippen LogP contribution is 2.34. The van der Waals surface area contributed by atoms with Gasteiger partial charge >= 0.3 is 0 Å².